The fraction of sp³-hybridized carbons (Fsp3) is 0.235. The topological polar surface area (TPSA) is 50.8 Å². The first kappa shape index (κ1) is 17.0. The second-order valence-electron chi connectivity index (χ2n) is 4.88. The summed E-state index contributed by atoms with van der Waals surface area (Å²) >= 11 is 5.81. The van der Waals surface area contributed by atoms with Crippen LogP contribution in [0.1, 0.15) is 0 Å². The molecular formula is C17H19ClN2O3. The Morgan fingerprint density at radius 3 is 2.30 bits per heavy atom. The number of rotatable bonds is 6. The van der Waals surface area contributed by atoms with Crippen LogP contribution < -0.4 is 14.8 Å². The Morgan fingerprint density at radius 2 is 1.70 bits per heavy atom. The molecule has 0 aromatic heterocycles. The number of urea groups is 1. The van der Waals surface area contributed by atoms with Crippen LogP contribution in [-0.2, 0) is 0 Å². The van der Waals surface area contributed by atoms with Crippen molar-refractivity contribution in [1.82, 2.24) is 4.90 Å². The minimum atomic E-state index is -0.203. The van der Waals surface area contributed by atoms with Gasteiger partial charge in [-0.1, -0.05) is 11.6 Å². The summed E-state index contributed by atoms with van der Waals surface area (Å²) in [4.78, 5) is 13.6. The van der Waals surface area contributed by atoms with Crippen LogP contribution in [-0.4, -0.2) is 38.2 Å². The molecule has 2 rings (SSSR count). The minimum Gasteiger partial charge on any atom is -0.497 e. The predicted octanol–water partition coefficient (Wildman–Crippen LogP) is 3.89. The Bertz CT molecular complexity index is 629. The zero-order chi connectivity index (χ0) is 16.7. The van der Waals surface area contributed by atoms with Gasteiger partial charge in [0.15, 0.2) is 0 Å². The highest BCUT2D eigenvalue weighted by Gasteiger charge is 2.08. The van der Waals surface area contributed by atoms with Gasteiger partial charge in [-0.25, -0.2) is 4.79 Å². The maximum Gasteiger partial charge on any atom is 0.321 e. The van der Waals surface area contributed by atoms with Gasteiger partial charge >= 0.3 is 6.03 Å². The van der Waals surface area contributed by atoms with E-state index in [0.29, 0.717) is 23.9 Å². The van der Waals surface area contributed by atoms with Gasteiger partial charge in [-0.05, 0) is 48.5 Å². The predicted molar refractivity (Wildman–Crippen MR) is 91.6 cm³/mol. The number of amides is 2. The Kier molecular flexibility index (Phi) is 6.11. The molecule has 0 unspecified atom stereocenters. The molecule has 0 spiro atoms. The first-order valence-corrected chi connectivity index (χ1v) is 7.51. The molecule has 6 heteroatoms. The van der Waals surface area contributed by atoms with E-state index < -0.39 is 0 Å². The van der Waals surface area contributed by atoms with Crippen molar-refractivity contribution < 1.29 is 14.3 Å². The lowest BCUT2D eigenvalue weighted by Gasteiger charge is -2.18. The van der Waals surface area contributed by atoms with Gasteiger partial charge in [-0.3, -0.25) is 0 Å². The van der Waals surface area contributed by atoms with Crippen molar-refractivity contribution in [2.45, 2.75) is 0 Å². The van der Waals surface area contributed by atoms with Crippen LogP contribution in [0.2, 0.25) is 5.02 Å². The summed E-state index contributed by atoms with van der Waals surface area (Å²) in [5.74, 6) is 1.51. The van der Waals surface area contributed by atoms with Crippen LogP contribution in [0.5, 0.6) is 11.5 Å². The van der Waals surface area contributed by atoms with Crippen molar-refractivity contribution in [1.29, 1.82) is 0 Å². The zero-order valence-corrected chi connectivity index (χ0v) is 13.8. The molecule has 0 heterocycles. The highest BCUT2D eigenvalue weighted by Crippen LogP contribution is 2.17. The SMILES string of the molecule is COc1ccc(OCCN(C)C(=O)Nc2ccc(Cl)cc2)cc1. The highest BCUT2D eigenvalue weighted by atomic mass is 35.5. The second-order valence-corrected chi connectivity index (χ2v) is 5.32. The van der Waals surface area contributed by atoms with E-state index in [9.17, 15) is 4.79 Å². The molecule has 0 atom stereocenters. The fourth-order valence-corrected chi connectivity index (χ4v) is 1.95. The molecule has 0 saturated heterocycles. The van der Waals surface area contributed by atoms with E-state index in [0.717, 1.165) is 11.5 Å². The largest absolute Gasteiger partial charge is 0.497 e. The first-order valence-electron chi connectivity index (χ1n) is 7.13. The third-order valence-corrected chi connectivity index (χ3v) is 3.45. The molecule has 23 heavy (non-hydrogen) atoms. The van der Waals surface area contributed by atoms with Crippen molar-refractivity contribution in [3.8, 4) is 11.5 Å². The van der Waals surface area contributed by atoms with Crippen molar-refractivity contribution >= 4 is 23.3 Å². The molecule has 5 nitrogen and oxygen atoms in total. The molecule has 0 radical (unpaired) electrons. The van der Waals surface area contributed by atoms with Crippen LogP contribution in [0.3, 0.4) is 0 Å². The number of hydrogen-bond donors (Lipinski definition) is 1. The summed E-state index contributed by atoms with van der Waals surface area (Å²) in [6, 6.07) is 14.1. The first-order chi connectivity index (χ1) is 11.1. The summed E-state index contributed by atoms with van der Waals surface area (Å²) < 4.78 is 10.7. The smallest absolute Gasteiger partial charge is 0.321 e. The number of carbonyl (C=O) groups is 1. The summed E-state index contributed by atoms with van der Waals surface area (Å²) in [7, 11) is 3.33. The number of methoxy groups -OCH3 is 1. The molecule has 122 valence electrons. The fourth-order valence-electron chi connectivity index (χ4n) is 1.83. The molecule has 0 aliphatic carbocycles. The lowest BCUT2D eigenvalue weighted by atomic mass is 10.3. The van der Waals surface area contributed by atoms with Crippen LogP contribution in [0.25, 0.3) is 0 Å². The van der Waals surface area contributed by atoms with Crippen LogP contribution in [0.15, 0.2) is 48.5 Å². The van der Waals surface area contributed by atoms with Gasteiger partial charge in [0.2, 0.25) is 0 Å². The lowest BCUT2D eigenvalue weighted by molar-refractivity contribution is 0.207. The normalized spacial score (nSPS) is 10.0. The number of nitrogens with one attached hydrogen (secondary N) is 1. The number of anilines is 1. The molecule has 2 aromatic carbocycles. The minimum absolute atomic E-state index is 0.203. The molecule has 0 aliphatic heterocycles. The number of halogens is 1. The summed E-state index contributed by atoms with van der Waals surface area (Å²) in [5.41, 5.74) is 0.697. The number of likely N-dealkylation sites (N-methyl/N-ethyl adjacent to an activating group) is 1. The Labute approximate surface area is 140 Å². The van der Waals surface area contributed by atoms with E-state index in [1.54, 1.807) is 43.3 Å². The molecule has 0 aliphatic rings. The average Bonchev–Trinajstić information content (AvgIpc) is 2.57. The maximum absolute atomic E-state index is 12.0. The highest BCUT2D eigenvalue weighted by molar-refractivity contribution is 6.30. The Hall–Kier alpha value is -2.40. The van der Waals surface area contributed by atoms with E-state index in [1.807, 2.05) is 24.3 Å². The van der Waals surface area contributed by atoms with Gasteiger partial charge < -0.3 is 19.7 Å². The molecular weight excluding hydrogens is 316 g/mol. The molecule has 2 aromatic rings. The summed E-state index contributed by atoms with van der Waals surface area (Å²) in [5, 5.41) is 3.42. The van der Waals surface area contributed by atoms with Crippen molar-refractivity contribution in [3.63, 3.8) is 0 Å². The third kappa shape index (κ3) is 5.38. The van der Waals surface area contributed by atoms with Crippen LogP contribution in [0, 0.1) is 0 Å². The van der Waals surface area contributed by atoms with E-state index in [4.69, 9.17) is 21.1 Å². The number of ether oxygens (including phenoxy) is 2. The summed E-state index contributed by atoms with van der Waals surface area (Å²) in [6.45, 7) is 0.863. The molecule has 1 N–H and O–H groups in total. The van der Waals surface area contributed by atoms with Crippen LogP contribution in [0.4, 0.5) is 10.5 Å². The van der Waals surface area contributed by atoms with E-state index >= 15 is 0 Å². The molecule has 0 bridgehead atoms. The second kappa shape index (κ2) is 8.29. The zero-order valence-electron chi connectivity index (χ0n) is 13.1. The average molecular weight is 335 g/mol. The number of nitrogens with zero attached hydrogens (tertiary/aromatic N) is 1. The Balaban J connectivity index is 1.75. The van der Waals surface area contributed by atoms with Crippen molar-refractivity contribution in [3.05, 3.63) is 53.6 Å². The van der Waals surface area contributed by atoms with E-state index in [-0.39, 0.29) is 6.03 Å². The van der Waals surface area contributed by atoms with Gasteiger partial charge in [-0.15, -0.1) is 0 Å². The summed E-state index contributed by atoms with van der Waals surface area (Å²) in [6.07, 6.45) is 0. The van der Waals surface area contributed by atoms with Gasteiger partial charge in [0.25, 0.3) is 0 Å². The molecule has 2 amide bonds. The molecule has 0 saturated carbocycles. The number of carbonyl (C=O) groups excluding carboxylic acids is 1. The quantitative estimate of drug-likeness (QED) is 0.871. The maximum atomic E-state index is 12.0. The van der Waals surface area contributed by atoms with Gasteiger partial charge in [-0.2, -0.15) is 0 Å². The lowest BCUT2D eigenvalue weighted by Crippen LogP contribution is -2.34. The monoisotopic (exact) mass is 334 g/mol. The van der Waals surface area contributed by atoms with E-state index in [2.05, 4.69) is 5.32 Å². The number of hydrogen-bond acceptors (Lipinski definition) is 3. The standard InChI is InChI=1S/C17H19ClN2O3/c1-20(17(21)19-14-5-3-13(18)4-6-14)11-12-23-16-9-7-15(22-2)8-10-16/h3-10H,11-12H2,1-2H3,(H,19,21). The van der Waals surface area contributed by atoms with Crippen LogP contribution >= 0.6 is 11.6 Å². The van der Waals surface area contributed by atoms with Gasteiger partial charge in [0.1, 0.15) is 18.1 Å². The van der Waals surface area contributed by atoms with Gasteiger partial charge in [0.05, 0.1) is 13.7 Å². The third-order valence-electron chi connectivity index (χ3n) is 3.20. The Morgan fingerprint density at radius 1 is 1.09 bits per heavy atom. The van der Waals surface area contributed by atoms with Crippen molar-refractivity contribution in [2.75, 3.05) is 32.6 Å². The number of benzene rings is 2. The van der Waals surface area contributed by atoms with Crippen molar-refractivity contribution in [2.24, 2.45) is 0 Å². The van der Waals surface area contributed by atoms with E-state index in [1.165, 1.54) is 0 Å². The molecule has 0 fully saturated rings. The van der Waals surface area contributed by atoms with Gasteiger partial charge in [0, 0.05) is 17.8 Å².